The molecule has 1 unspecified atom stereocenters. The first-order chi connectivity index (χ1) is 8.78. The summed E-state index contributed by atoms with van der Waals surface area (Å²) in [5, 5.41) is 0. The number of nitrogens with zero attached hydrogens (tertiary/aromatic N) is 1. The smallest absolute Gasteiger partial charge is 0.0503 e. The highest BCUT2D eigenvalue weighted by Crippen LogP contribution is 2.36. The first-order valence-corrected chi connectivity index (χ1v) is 7.69. The van der Waals surface area contributed by atoms with Crippen molar-refractivity contribution in [1.82, 2.24) is 4.90 Å². The first-order valence-electron chi connectivity index (χ1n) is 7.69. The molecule has 1 atom stereocenters. The predicted octanol–water partition coefficient (Wildman–Crippen LogP) is 2.25. The zero-order valence-corrected chi connectivity index (χ0v) is 12.0. The van der Waals surface area contributed by atoms with Gasteiger partial charge in [-0.2, -0.15) is 0 Å². The van der Waals surface area contributed by atoms with Gasteiger partial charge in [-0.25, -0.2) is 0 Å². The highest BCUT2D eigenvalue weighted by molar-refractivity contribution is 4.88. The molecule has 3 heteroatoms. The molecule has 1 aliphatic heterocycles. The Hall–Kier alpha value is -0.120. The number of ether oxygens (including phenoxy) is 1. The normalized spacial score (nSPS) is 29.3. The summed E-state index contributed by atoms with van der Waals surface area (Å²) in [7, 11) is 1.81. The van der Waals surface area contributed by atoms with Gasteiger partial charge in [0.1, 0.15) is 0 Å². The van der Waals surface area contributed by atoms with Gasteiger partial charge in [0.05, 0.1) is 6.61 Å². The van der Waals surface area contributed by atoms with Crippen LogP contribution in [0.3, 0.4) is 0 Å². The SMILES string of the molecule is COCC1CCN(CC2(CN)CCCCCC2)C1. The Morgan fingerprint density at radius 3 is 2.56 bits per heavy atom. The predicted molar refractivity (Wildman–Crippen MR) is 75.6 cm³/mol. The first kappa shape index (κ1) is 14.3. The maximum absolute atomic E-state index is 6.13. The van der Waals surface area contributed by atoms with Crippen molar-refractivity contribution in [3.63, 3.8) is 0 Å². The molecule has 0 aromatic rings. The molecule has 2 fully saturated rings. The minimum atomic E-state index is 0.415. The van der Waals surface area contributed by atoms with Crippen LogP contribution in [0.1, 0.15) is 44.9 Å². The summed E-state index contributed by atoms with van der Waals surface area (Å²) in [6.45, 7) is 5.49. The molecule has 1 saturated heterocycles. The summed E-state index contributed by atoms with van der Waals surface area (Å²) >= 11 is 0. The van der Waals surface area contributed by atoms with Gasteiger partial charge in [0.2, 0.25) is 0 Å². The van der Waals surface area contributed by atoms with Crippen LogP contribution < -0.4 is 5.73 Å². The van der Waals surface area contributed by atoms with Crippen molar-refractivity contribution in [3.05, 3.63) is 0 Å². The summed E-state index contributed by atoms with van der Waals surface area (Å²) < 4.78 is 5.28. The number of hydrogen-bond donors (Lipinski definition) is 1. The molecule has 2 rings (SSSR count). The molecule has 2 aliphatic rings. The maximum atomic E-state index is 6.13. The van der Waals surface area contributed by atoms with Crippen molar-refractivity contribution in [3.8, 4) is 0 Å². The van der Waals surface area contributed by atoms with E-state index in [1.807, 2.05) is 7.11 Å². The average Bonchev–Trinajstić information content (AvgIpc) is 2.67. The second kappa shape index (κ2) is 6.88. The molecule has 0 spiro atoms. The fourth-order valence-corrected chi connectivity index (χ4v) is 3.81. The molecule has 1 aliphatic carbocycles. The lowest BCUT2D eigenvalue weighted by molar-refractivity contribution is 0.131. The molecule has 106 valence electrons. The molecule has 0 bridgehead atoms. The maximum Gasteiger partial charge on any atom is 0.0503 e. The quantitative estimate of drug-likeness (QED) is 0.765. The number of nitrogens with two attached hydrogens (primary N) is 1. The summed E-state index contributed by atoms with van der Waals surface area (Å²) in [5.41, 5.74) is 6.54. The summed E-state index contributed by atoms with van der Waals surface area (Å²) in [6, 6.07) is 0. The van der Waals surface area contributed by atoms with Crippen molar-refractivity contribution in [2.24, 2.45) is 17.1 Å². The molecule has 1 heterocycles. The summed E-state index contributed by atoms with van der Waals surface area (Å²) in [5.74, 6) is 0.746. The molecule has 1 saturated carbocycles. The van der Waals surface area contributed by atoms with E-state index in [0.29, 0.717) is 5.41 Å². The van der Waals surface area contributed by atoms with Gasteiger partial charge in [-0.3, -0.25) is 0 Å². The fraction of sp³-hybridized carbons (Fsp3) is 1.00. The lowest BCUT2D eigenvalue weighted by atomic mass is 9.80. The fourth-order valence-electron chi connectivity index (χ4n) is 3.81. The molecule has 0 radical (unpaired) electrons. The topological polar surface area (TPSA) is 38.5 Å². The van der Waals surface area contributed by atoms with Crippen molar-refractivity contribution in [1.29, 1.82) is 0 Å². The molecule has 0 aromatic carbocycles. The Bertz CT molecular complexity index is 237. The molecule has 0 aromatic heterocycles. The second-order valence-corrected chi connectivity index (χ2v) is 6.46. The van der Waals surface area contributed by atoms with E-state index in [9.17, 15) is 0 Å². The van der Waals surface area contributed by atoms with Gasteiger partial charge in [-0.15, -0.1) is 0 Å². The number of likely N-dealkylation sites (tertiary alicyclic amines) is 1. The Morgan fingerprint density at radius 1 is 1.22 bits per heavy atom. The third kappa shape index (κ3) is 3.69. The lowest BCUT2D eigenvalue weighted by Crippen LogP contribution is -2.41. The van der Waals surface area contributed by atoms with E-state index >= 15 is 0 Å². The second-order valence-electron chi connectivity index (χ2n) is 6.46. The zero-order valence-electron chi connectivity index (χ0n) is 12.0. The van der Waals surface area contributed by atoms with Crippen LogP contribution in [0.4, 0.5) is 0 Å². The van der Waals surface area contributed by atoms with Crippen LogP contribution >= 0.6 is 0 Å². The number of hydrogen-bond acceptors (Lipinski definition) is 3. The lowest BCUT2D eigenvalue weighted by Gasteiger charge is -2.35. The van der Waals surface area contributed by atoms with Gasteiger partial charge in [-0.1, -0.05) is 25.7 Å². The third-order valence-corrected chi connectivity index (χ3v) is 4.93. The zero-order chi connectivity index (χ0) is 12.8. The Morgan fingerprint density at radius 2 is 1.94 bits per heavy atom. The third-order valence-electron chi connectivity index (χ3n) is 4.93. The van der Waals surface area contributed by atoms with Crippen LogP contribution in [0.25, 0.3) is 0 Å². The monoisotopic (exact) mass is 254 g/mol. The van der Waals surface area contributed by atoms with Crippen molar-refractivity contribution in [2.75, 3.05) is 39.9 Å². The molecule has 18 heavy (non-hydrogen) atoms. The van der Waals surface area contributed by atoms with Crippen LogP contribution in [0.5, 0.6) is 0 Å². The summed E-state index contributed by atoms with van der Waals surface area (Å²) in [6.07, 6.45) is 9.57. The van der Waals surface area contributed by atoms with E-state index in [-0.39, 0.29) is 0 Å². The van der Waals surface area contributed by atoms with E-state index < -0.39 is 0 Å². The Labute approximate surface area is 112 Å². The standard InChI is InChI=1S/C15H30N2O/c1-18-11-14-6-9-17(10-14)13-15(12-16)7-4-2-3-5-8-15/h14H,2-13,16H2,1H3. The van der Waals surface area contributed by atoms with Crippen molar-refractivity contribution < 1.29 is 4.74 Å². The van der Waals surface area contributed by atoms with Crippen LogP contribution in [0, 0.1) is 11.3 Å². The van der Waals surface area contributed by atoms with Gasteiger partial charge < -0.3 is 15.4 Å². The van der Waals surface area contributed by atoms with Crippen molar-refractivity contribution >= 4 is 0 Å². The van der Waals surface area contributed by atoms with E-state index in [1.54, 1.807) is 0 Å². The largest absolute Gasteiger partial charge is 0.384 e. The highest BCUT2D eigenvalue weighted by Gasteiger charge is 2.34. The van der Waals surface area contributed by atoms with Crippen molar-refractivity contribution in [2.45, 2.75) is 44.9 Å². The average molecular weight is 254 g/mol. The van der Waals surface area contributed by atoms with E-state index in [2.05, 4.69) is 4.90 Å². The summed E-state index contributed by atoms with van der Waals surface area (Å²) in [4.78, 5) is 2.64. The number of rotatable bonds is 5. The molecular formula is C15H30N2O. The van der Waals surface area contributed by atoms with Gasteiger partial charge in [0, 0.05) is 20.2 Å². The highest BCUT2D eigenvalue weighted by atomic mass is 16.5. The van der Waals surface area contributed by atoms with Gasteiger partial charge in [-0.05, 0) is 43.7 Å². The van der Waals surface area contributed by atoms with Crippen LogP contribution in [-0.2, 0) is 4.74 Å². The Kier molecular flexibility index (Phi) is 5.46. The minimum Gasteiger partial charge on any atom is -0.384 e. The van der Waals surface area contributed by atoms with E-state index in [0.717, 1.165) is 19.1 Å². The van der Waals surface area contributed by atoms with Gasteiger partial charge in [0.15, 0.2) is 0 Å². The van der Waals surface area contributed by atoms with Crippen LogP contribution in [0.15, 0.2) is 0 Å². The van der Waals surface area contributed by atoms with E-state index in [4.69, 9.17) is 10.5 Å². The van der Waals surface area contributed by atoms with Gasteiger partial charge in [0.25, 0.3) is 0 Å². The van der Waals surface area contributed by atoms with Gasteiger partial charge >= 0.3 is 0 Å². The molecule has 3 nitrogen and oxygen atoms in total. The molecule has 0 amide bonds. The number of methoxy groups -OCH3 is 1. The van der Waals surface area contributed by atoms with Crippen LogP contribution in [-0.4, -0.2) is 44.8 Å². The minimum absolute atomic E-state index is 0.415. The Balaban J connectivity index is 1.86. The molecule has 2 N–H and O–H groups in total. The van der Waals surface area contributed by atoms with Crippen LogP contribution in [0.2, 0.25) is 0 Å². The van der Waals surface area contributed by atoms with E-state index in [1.165, 1.54) is 64.6 Å². The molecular weight excluding hydrogens is 224 g/mol.